The predicted molar refractivity (Wildman–Crippen MR) is 374 cm³/mol. The van der Waals surface area contributed by atoms with E-state index in [0.717, 1.165) is 68.3 Å². The first kappa shape index (κ1) is 51.0. The van der Waals surface area contributed by atoms with E-state index in [1.54, 1.807) is 0 Å². The van der Waals surface area contributed by atoms with Gasteiger partial charge in [0.05, 0.1) is 44.1 Å². The van der Waals surface area contributed by atoms with Crippen molar-refractivity contribution in [3.8, 4) is 33.9 Å². The van der Waals surface area contributed by atoms with Crippen LogP contribution in [0.5, 0.6) is 0 Å². The van der Waals surface area contributed by atoms with Crippen LogP contribution in [0.3, 0.4) is 0 Å². The number of nitrogens with zero attached hydrogens (tertiary/aromatic N) is 8. The molecule has 0 radical (unpaired) electrons. The summed E-state index contributed by atoms with van der Waals surface area (Å²) < 4.78 is 9.44. The van der Waals surface area contributed by atoms with Gasteiger partial charge in [-0.1, -0.05) is 146 Å². The number of para-hydroxylation sites is 8. The van der Waals surface area contributed by atoms with Crippen LogP contribution in [0.25, 0.3) is 121 Å². The number of pyridine rings is 2. The summed E-state index contributed by atoms with van der Waals surface area (Å²) in [7, 11) is 0. The molecule has 0 saturated heterocycles. The van der Waals surface area contributed by atoms with Crippen molar-refractivity contribution in [1.29, 1.82) is 0 Å². The molecule has 12 aromatic carbocycles. The standard InChI is InChI=1S/C82H54N8/c1-9-25-73-65(17-1)66-18-2-10-26-74(66)87(73)61-43-35-57(36-44-61)85(58-37-45-62(46-38-58)88-75-27-11-3-19-67(75)68-20-4-12-28-76(68)88)81-51-33-55(53-83-81)56-34-52-82(84-54-56)86(59-39-47-63(48-40-59)89-77-29-13-5-21-69(77)70-22-6-14-30-78(70)89)60-41-49-64(50-42-60)90-79-31-15-7-23-71(79)72-24-8-16-32-80(72)90/h1-54H. The van der Waals surface area contributed by atoms with Crippen molar-refractivity contribution in [1.82, 2.24) is 28.2 Å². The number of anilines is 6. The molecule has 422 valence electrons. The van der Waals surface area contributed by atoms with Gasteiger partial charge in [0, 0.05) is 112 Å². The highest BCUT2D eigenvalue weighted by atomic mass is 15.2. The molecule has 0 aliphatic heterocycles. The van der Waals surface area contributed by atoms with Crippen LogP contribution in [-0.4, -0.2) is 28.2 Å². The van der Waals surface area contributed by atoms with E-state index >= 15 is 0 Å². The molecule has 0 aliphatic rings. The fraction of sp³-hybridized carbons (Fsp3) is 0. The molecule has 90 heavy (non-hydrogen) atoms. The number of hydrogen-bond acceptors (Lipinski definition) is 4. The SMILES string of the molecule is c1ccc2c(c1)c1ccccc1n2-c1ccc(N(c2ccc(-n3c4ccccc4c4ccccc43)cc2)c2ccc(-c3ccc(N(c4ccc(-n5c6ccccc6c6ccccc65)cc4)c4ccc(-n5c6ccccc6c6ccccc65)cc4)nc3)cn2)cc1. The van der Waals surface area contributed by atoms with Gasteiger partial charge < -0.3 is 18.3 Å². The third kappa shape index (κ3) is 8.16. The number of hydrogen-bond donors (Lipinski definition) is 0. The lowest BCUT2D eigenvalue weighted by Crippen LogP contribution is -2.12. The van der Waals surface area contributed by atoms with Crippen LogP contribution in [0, 0.1) is 0 Å². The molecule has 0 aliphatic carbocycles. The summed E-state index contributed by atoms with van der Waals surface area (Å²) in [6.45, 7) is 0. The van der Waals surface area contributed by atoms with Crippen molar-refractivity contribution < 1.29 is 0 Å². The van der Waals surface area contributed by atoms with Gasteiger partial charge in [-0.05, 0) is 170 Å². The maximum atomic E-state index is 5.28. The zero-order chi connectivity index (χ0) is 59.2. The molecule has 0 N–H and O–H groups in total. The highest BCUT2D eigenvalue weighted by Gasteiger charge is 2.21. The highest BCUT2D eigenvalue weighted by molar-refractivity contribution is 6.12. The average Bonchev–Trinajstić information content (AvgIpc) is 1.86. The van der Waals surface area contributed by atoms with Crippen molar-refractivity contribution in [3.63, 3.8) is 0 Å². The van der Waals surface area contributed by atoms with E-state index in [4.69, 9.17) is 9.97 Å². The zero-order valence-corrected chi connectivity index (χ0v) is 48.8. The van der Waals surface area contributed by atoms with Gasteiger partial charge >= 0.3 is 0 Å². The van der Waals surface area contributed by atoms with Crippen LogP contribution in [0.15, 0.2) is 328 Å². The first-order valence-corrected chi connectivity index (χ1v) is 30.5. The molecule has 0 atom stereocenters. The van der Waals surface area contributed by atoms with Gasteiger partial charge in [-0.15, -0.1) is 0 Å². The molecule has 18 aromatic rings. The average molecular weight is 1150 g/mol. The van der Waals surface area contributed by atoms with E-state index in [1.807, 2.05) is 12.4 Å². The van der Waals surface area contributed by atoms with E-state index in [0.29, 0.717) is 0 Å². The van der Waals surface area contributed by atoms with Gasteiger partial charge in [0.25, 0.3) is 0 Å². The maximum Gasteiger partial charge on any atom is 0.137 e. The Morgan fingerprint density at radius 3 is 0.556 bits per heavy atom. The summed E-state index contributed by atoms with van der Waals surface area (Å²) in [5.74, 6) is 1.58. The second-order valence-electron chi connectivity index (χ2n) is 23.0. The number of benzene rings is 12. The van der Waals surface area contributed by atoms with E-state index in [1.165, 1.54) is 87.2 Å². The van der Waals surface area contributed by atoms with E-state index in [2.05, 4.69) is 344 Å². The molecule has 6 aromatic heterocycles. The largest absolute Gasteiger partial charge is 0.309 e. The van der Waals surface area contributed by atoms with Gasteiger partial charge in [0.15, 0.2) is 0 Å². The fourth-order valence-corrected chi connectivity index (χ4v) is 14.0. The molecule has 0 bridgehead atoms. The van der Waals surface area contributed by atoms with Crippen molar-refractivity contribution in [3.05, 3.63) is 328 Å². The Hall–Kier alpha value is -12.3. The lowest BCUT2D eigenvalue weighted by atomic mass is 10.1. The lowest BCUT2D eigenvalue weighted by molar-refractivity contribution is 1.14. The van der Waals surface area contributed by atoms with Gasteiger partial charge in [-0.2, -0.15) is 0 Å². The van der Waals surface area contributed by atoms with Crippen LogP contribution in [-0.2, 0) is 0 Å². The molecular formula is C82H54N8. The lowest BCUT2D eigenvalue weighted by Gasteiger charge is -2.26. The van der Waals surface area contributed by atoms with Crippen molar-refractivity contribution in [2.75, 3.05) is 9.80 Å². The zero-order valence-electron chi connectivity index (χ0n) is 48.8. The molecular weight excluding hydrogens is 1100 g/mol. The number of aromatic nitrogens is 6. The predicted octanol–water partition coefficient (Wildman–Crippen LogP) is 21.5. The number of rotatable bonds is 11. The summed E-state index contributed by atoms with van der Waals surface area (Å²) in [6.07, 6.45) is 3.94. The van der Waals surface area contributed by atoms with E-state index in [-0.39, 0.29) is 0 Å². The Labute approximate surface area is 518 Å². The first-order valence-electron chi connectivity index (χ1n) is 30.5. The smallest absolute Gasteiger partial charge is 0.137 e. The van der Waals surface area contributed by atoms with Crippen LogP contribution >= 0.6 is 0 Å². The van der Waals surface area contributed by atoms with Gasteiger partial charge in [-0.3, -0.25) is 9.80 Å². The Morgan fingerprint density at radius 1 is 0.189 bits per heavy atom. The van der Waals surface area contributed by atoms with Crippen molar-refractivity contribution in [2.24, 2.45) is 0 Å². The minimum atomic E-state index is 0.789. The normalized spacial score (nSPS) is 11.8. The topological polar surface area (TPSA) is 52.0 Å². The third-order valence-corrected chi connectivity index (χ3v) is 18.1. The van der Waals surface area contributed by atoms with E-state index < -0.39 is 0 Å². The Morgan fingerprint density at radius 2 is 0.378 bits per heavy atom. The minimum Gasteiger partial charge on any atom is -0.309 e. The Balaban J connectivity index is 0.711. The summed E-state index contributed by atoms with van der Waals surface area (Å²) in [6, 6.07) is 113. The highest BCUT2D eigenvalue weighted by Crippen LogP contribution is 2.42. The monoisotopic (exact) mass is 1150 g/mol. The molecule has 0 fully saturated rings. The molecule has 8 nitrogen and oxygen atoms in total. The van der Waals surface area contributed by atoms with Gasteiger partial charge in [0.1, 0.15) is 11.6 Å². The molecule has 0 unspecified atom stereocenters. The van der Waals surface area contributed by atoms with Crippen LogP contribution in [0.1, 0.15) is 0 Å². The fourth-order valence-electron chi connectivity index (χ4n) is 14.0. The van der Waals surface area contributed by atoms with Crippen LogP contribution in [0.4, 0.5) is 34.4 Å². The summed E-state index contributed by atoms with van der Waals surface area (Å²) >= 11 is 0. The van der Waals surface area contributed by atoms with Gasteiger partial charge in [-0.25, -0.2) is 9.97 Å². The quantitative estimate of drug-likeness (QED) is 0.130. The minimum absolute atomic E-state index is 0.789. The summed E-state index contributed by atoms with van der Waals surface area (Å²) in [5.41, 5.74) is 19.6. The van der Waals surface area contributed by atoms with E-state index in [9.17, 15) is 0 Å². The Bertz CT molecular complexity index is 4870. The maximum absolute atomic E-state index is 5.28. The molecule has 6 heterocycles. The second kappa shape index (κ2) is 20.7. The molecule has 8 heteroatoms. The second-order valence-corrected chi connectivity index (χ2v) is 23.0. The van der Waals surface area contributed by atoms with Crippen LogP contribution < -0.4 is 9.80 Å². The molecule has 18 rings (SSSR count). The van der Waals surface area contributed by atoms with Crippen molar-refractivity contribution in [2.45, 2.75) is 0 Å². The molecule has 0 spiro atoms. The first-order chi connectivity index (χ1) is 44.7. The van der Waals surface area contributed by atoms with Crippen LogP contribution in [0.2, 0.25) is 0 Å². The summed E-state index contributed by atoms with van der Waals surface area (Å²) in [4.78, 5) is 15.0. The summed E-state index contributed by atoms with van der Waals surface area (Å²) in [5, 5.41) is 9.87. The number of fused-ring (bicyclic) bond motifs is 12. The Kier molecular flexibility index (Phi) is 11.7. The molecule has 0 saturated carbocycles. The van der Waals surface area contributed by atoms with Gasteiger partial charge in [0.2, 0.25) is 0 Å². The van der Waals surface area contributed by atoms with Crippen molar-refractivity contribution >= 4 is 122 Å². The molecule has 0 amide bonds. The third-order valence-electron chi connectivity index (χ3n) is 18.1.